The topological polar surface area (TPSA) is 58.3 Å². The van der Waals surface area contributed by atoms with Crippen LogP contribution in [0.5, 0.6) is 0 Å². The summed E-state index contributed by atoms with van der Waals surface area (Å²) in [6, 6.07) is 3.89. The fraction of sp³-hybridized carbons (Fsp3) is 0.100. The summed E-state index contributed by atoms with van der Waals surface area (Å²) in [7, 11) is -1.68. The van der Waals surface area contributed by atoms with Crippen molar-refractivity contribution < 1.29 is 14.4 Å². The molecule has 0 atom stereocenters. The number of hydrogen-bond acceptors (Lipinski definition) is 3. The maximum atomic E-state index is 13.3. The van der Waals surface area contributed by atoms with Crippen LogP contribution in [0.3, 0.4) is 0 Å². The molecular formula is C10H10BFN2O2. The number of rotatable bonds is 2. The van der Waals surface area contributed by atoms with Crippen LogP contribution in [0.2, 0.25) is 0 Å². The summed E-state index contributed by atoms with van der Waals surface area (Å²) in [5.41, 5.74) is 0.626. The van der Waals surface area contributed by atoms with Crippen molar-refractivity contribution in [2.45, 2.75) is 6.92 Å². The first kappa shape index (κ1) is 10.8. The standard InChI is InChI=1S/C10H10BFN2O2/c1-7-13-2-3-14(7)10-5-8(11(15)16)4-9(12)6-10/h2-6,15-16H,1H3. The van der Waals surface area contributed by atoms with Crippen molar-refractivity contribution in [1.82, 2.24) is 9.55 Å². The molecule has 0 bridgehead atoms. The van der Waals surface area contributed by atoms with Crippen LogP contribution in [0.25, 0.3) is 5.69 Å². The number of benzene rings is 1. The van der Waals surface area contributed by atoms with Gasteiger partial charge in [0, 0.05) is 18.1 Å². The zero-order valence-electron chi connectivity index (χ0n) is 8.63. The van der Waals surface area contributed by atoms with Gasteiger partial charge in [0.05, 0.1) is 0 Å². The second-order valence-electron chi connectivity index (χ2n) is 3.46. The molecule has 0 amide bonds. The minimum atomic E-state index is -1.68. The fourth-order valence-electron chi connectivity index (χ4n) is 1.54. The molecule has 0 fully saturated rings. The average Bonchev–Trinajstić information content (AvgIpc) is 2.63. The number of aryl methyl sites for hydroxylation is 1. The van der Waals surface area contributed by atoms with Gasteiger partial charge < -0.3 is 14.6 Å². The minimum Gasteiger partial charge on any atom is -0.423 e. The van der Waals surface area contributed by atoms with Crippen LogP contribution in [0, 0.1) is 12.7 Å². The van der Waals surface area contributed by atoms with Crippen LogP contribution >= 0.6 is 0 Å². The van der Waals surface area contributed by atoms with E-state index < -0.39 is 12.9 Å². The zero-order chi connectivity index (χ0) is 11.7. The molecule has 2 aromatic rings. The number of imidazole rings is 1. The van der Waals surface area contributed by atoms with Crippen LogP contribution in [0.4, 0.5) is 4.39 Å². The summed E-state index contributed by atoms with van der Waals surface area (Å²) < 4.78 is 14.9. The second kappa shape index (κ2) is 4.07. The minimum absolute atomic E-state index is 0.114. The molecule has 0 aliphatic carbocycles. The van der Waals surface area contributed by atoms with Gasteiger partial charge in [0.2, 0.25) is 0 Å². The van der Waals surface area contributed by atoms with Gasteiger partial charge in [0.25, 0.3) is 0 Å². The van der Waals surface area contributed by atoms with E-state index in [-0.39, 0.29) is 5.46 Å². The SMILES string of the molecule is Cc1nccn1-c1cc(F)cc(B(O)O)c1. The first-order valence-electron chi connectivity index (χ1n) is 4.75. The van der Waals surface area contributed by atoms with Gasteiger partial charge in [-0.25, -0.2) is 9.37 Å². The Labute approximate surface area is 92.1 Å². The molecule has 0 saturated carbocycles. The van der Waals surface area contributed by atoms with Gasteiger partial charge in [-0.15, -0.1) is 0 Å². The van der Waals surface area contributed by atoms with Crippen molar-refractivity contribution in [3.63, 3.8) is 0 Å². The molecule has 82 valence electrons. The van der Waals surface area contributed by atoms with Crippen LogP contribution < -0.4 is 5.46 Å². The van der Waals surface area contributed by atoms with Gasteiger partial charge in [-0.05, 0) is 30.6 Å². The summed E-state index contributed by atoms with van der Waals surface area (Å²) in [6.07, 6.45) is 3.27. The summed E-state index contributed by atoms with van der Waals surface area (Å²) in [4.78, 5) is 4.01. The Kier molecular flexibility index (Phi) is 2.76. The summed E-state index contributed by atoms with van der Waals surface area (Å²) in [5, 5.41) is 18.0. The molecule has 0 spiro atoms. The largest absolute Gasteiger partial charge is 0.488 e. The molecule has 1 aromatic carbocycles. The maximum absolute atomic E-state index is 13.3. The van der Waals surface area contributed by atoms with E-state index in [1.54, 1.807) is 23.9 Å². The molecule has 2 rings (SSSR count). The van der Waals surface area contributed by atoms with E-state index in [0.717, 1.165) is 6.07 Å². The number of aromatic nitrogens is 2. The lowest BCUT2D eigenvalue weighted by atomic mass is 9.80. The van der Waals surface area contributed by atoms with Crippen molar-refractivity contribution >= 4 is 12.6 Å². The van der Waals surface area contributed by atoms with E-state index in [9.17, 15) is 4.39 Å². The lowest BCUT2D eigenvalue weighted by Gasteiger charge is -2.07. The molecule has 0 aliphatic rings. The molecule has 0 aliphatic heterocycles. The average molecular weight is 220 g/mol. The van der Waals surface area contributed by atoms with E-state index in [4.69, 9.17) is 10.0 Å². The first-order valence-corrected chi connectivity index (χ1v) is 4.75. The van der Waals surface area contributed by atoms with Gasteiger partial charge in [-0.3, -0.25) is 0 Å². The van der Waals surface area contributed by atoms with E-state index in [1.807, 2.05) is 0 Å². The van der Waals surface area contributed by atoms with Crippen molar-refractivity contribution in [3.8, 4) is 5.69 Å². The lowest BCUT2D eigenvalue weighted by molar-refractivity contribution is 0.425. The molecule has 1 heterocycles. The van der Waals surface area contributed by atoms with Crippen molar-refractivity contribution in [3.05, 3.63) is 42.2 Å². The van der Waals surface area contributed by atoms with Crippen LogP contribution in [-0.4, -0.2) is 26.7 Å². The van der Waals surface area contributed by atoms with E-state index >= 15 is 0 Å². The Morgan fingerprint density at radius 3 is 2.62 bits per heavy atom. The summed E-state index contributed by atoms with van der Waals surface area (Å²) in [6.45, 7) is 1.78. The molecule has 0 unspecified atom stereocenters. The molecule has 16 heavy (non-hydrogen) atoms. The van der Waals surface area contributed by atoms with Crippen molar-refractivity contribution in [2.75, 3.05) is 0 Å². The highest BCUT2D eigenvalue weighted by Gasteiger charge is 2.14. The van der Waals surface area contributed by atoms with Gasteiger partial charge in [0.1, 0.15) is 11.6 Å². The molecule has 2 N–H and O–H groups in total. The van der Waals surface area contributed by atoms with Crippen LogP contribution in [-0.2, 0) is 0 Å². The molecule has 0 saturated heterocycles. The van der Waals surface area contributed by atoms with E-state index in [1.165, 1.54) is 12.1 Å². The highest BCUT2D eigenvalue weighted by Crippen LogP contribution is 2.10. The highest BCUT2D eigenvalue weighted by molar-refractivity contribution is 6.58. The normalized spacial score (nSPS) is 10.5. The van der Waals surface area contributed by atoms with Gasteiger partial charge in [-0.2, -0.15) is 0 Å². The quantitative estimate of drug-likeness (QED) is 0.700. The Morgan fingerprint density at radius 1 is 1.31 bits per heavy atom. The van der Waals surface area contributed by atoms with Crippen LogP contribution in [0.15, 0.2) is 30.6 Å². The monoisotopic (exact) mass is 220 g/mol. The molecule has 1 aromatic heterocycles. The van der Waals surface area contributed by atoms with E-state index in [0.29, 0.717) is 11.5 Å². The molecule has 6 heteroatoms. The summed E-state index contributed by atoms with van der Waals surface area (Å²) >= 11 is 0. The Hall–Kier alpha value is -1.66. The van der Waals surface area contributed by atoms with Crippen molar-refractivity contribution in [1.29, 1.82) is 0 Å². The molecule has 4 nitrogen and oxygen atoms in total. The van der Waals surface area contributed by atoms with Gasteiger partial charge in [0.15, 0.2) is 0 Å². The zero-order valence-corrected chi connectivity index (χ0v) is 8.63. The number of nitrogens with zero attached hydrogens (tertiary/aromatic N) is 2. The third-order valence-corrected chi connectivity index (χ3v) is 2.31. The second-order valence-corrected chi connectivity index (χ2v) is 3.46. The third-order valence-electron chi connectivity index (χ3n) is 2.31. The smallest absolute Gasteiger partial charge is 0.423 e. The van der Waals surface area contributed by atoms with Gasteiger partial charge >= 0.3 is 7.12 Å². The first-order chi connectivity index (χ1) is 7.58. The predicted molar refractivity (Wildman–Crippen MR) is 58.1 cm³/mol. The lowest BCUT2D eigenvalue weighted by Crippen LogP contribution is -2.30. The Bertz CT molecular complexity index is 513. The van der Waals surface area contributed by atoms with Crippen molar-refractivity contribution in [2.24, 2.45) is 0 Å². The highest BCUT2D eigenvalue weighted by atomic mass is 19.1. The van der Waals surface area contributed by atoms with E-state index in [2.05, 4.69) is 4.98 Å². The fourth-order valence-corrected chi connectivity index (χ4v) is 1.54. The predicted octanol–water partition coefficient (Wildman–Crippen LogP) is -0.000380. The van der Waals surface area contributed by atoms with Gasteiger partial charge in [-0.1, -0.05) is 0 Å². The Balaban J connectivity index is 2.54. The number of halogens is 1. The maximum Gasteiger partial charge on any atom is 0.488 e. The summed E-state index contributed by atoms with van der Waals surface area (Å²) in [5.74, 6) is 0.178. The third kappa shape index (κ3) is 1.98. The van der Waals surface area contributed by atoms with Crippen LogP contribution in [0.1, 0.15) is 5.82 Å². The molecular weight excluding hydrogens is 210 g/mol. The molecule has 0 radical (unpaired) electrons. The Morgan fingerprint density at radius 2 is 2.06 bits per heavy atom. The number of hydrogen-bond donors (Lipinski definition) is 2.